The van der Waals surface area contributed by atoms with E-state index >= 15 is 0 Å². The molecule has 108 valence electrons. The number of ether oxygens (including phenoxy) is 2. The highest BCUT2D eigenvalue weighted by Crippen LogP contribution is 2.16. The predicted octanol–water partition coefficient (Wildman–Crippen LogP) is 1.79. The largest absolute Gasteiger partial charge is 0.494 e. The second kappa shape index (κ2) is 8.14. The zero-order valence-electron chi connectivity index (χ0n) is 11.4. The minimum atomic E-state index is -3.46. The maximum Gasteiger partial charge on any atom is 0.240 e. The first-order valence-corrected chi connectivity index (χ1v) is 7.80. The highest BCUT2D eigenvalue weighted by atomic mass is 32.2. The molecule has 1 aromatic rings. The first kappa shape index (κ1) is 15.9. The fourth-order valence-corrected chi connectivity index (χ4v) is 2.42. The van der Waals surface area contributed by atoms with Crippen LogP contribution in [0.1, 0.15) is 19.8 Å². The smallest absolute Gasteiger partial charge is 0.240 e. The molecule has 0 saturated heterocycles. The number of sulfonamides is 1. The molecule has 0 aliphatic heterocycles. The third kappa shape index (κ3) is 5.59. The van der Waals surface area contributed by atoms with Crippen LogP contribution in [0.2, 0.25) is 0 Å². The van der Waals surface area contributed by atoms with Crippen molar-refractivity contribution in [3.05, 3.63) is 24.3 Å². The second-order valence-corrected chi connectivity index (χ2v) is 5.83. The van der Waals surface area contributed by atoms with Crippen LogP contribution in [-0.4, -0.2) is 35.3 Å². The summed E-state index contributed by atoms with van der Waals surface area (Å²) < 4.78 is 36.5. The van der Waals surface area contributed by atoms with Crippen LogP contribution in [0.15, 0.2) is 29.2 Å². The molecule has 6 heteroatoms. The molecule has 0 aliphatic carbocycles. The van der Waals surface area contributed by atoms with Gasteiger partial charge in [-0.25, -0.2) is 13.1 Å². The Balaban J connectivity index is 2.59. The van der Waals surface area contributed by atoms with Gasteiger partial charge in [-0.3, -0.25) is 0 Å². The Kier molecular flexibility index (Phi) is 6.83. The molecular formula is C13H21NO4S. The summed E-state index contributed by atoms with van der Waals surface area (Å²) in [6.07, 6.45) is 2.05. The fourth-order valence-electron chi connectivity index (χ4n) is 1.41. The van der Waals surface area contributed by atoms with Crippen molar-refractivity contribution in [2.24, 2.45) is 0 Å². The van der Waals surface area contributed by atoms with Gasteiger partial charge in [0.2, 0.25) is 10.0 Å². The Morgan fingerprint density at radius 1 is 1.16 bits per heavy atom. The van der Waals surface area contributed by atoms with Crippen molar-refractivity contribution in [3.8, 4) is 5.75 Å². The number of benzene rings is 1. The van der Waals surface area contributed by atoms with Gasteiger partial charge in [0, 0.05) is 13.7 Å². The van der Waals surface area contributed by atoms with Gasteiger partial charge >= 0.3 is 0 Å². The lowest BCUT2D eigenvalue weighted by molar-refractivity contribution is 0.204. The van der Waals surface area contributed by atoms with Gasteiger partial charge in [-0.1, -0.05) is 13.3 Å². The summed E-state index contributed by atoms with van der Waals surface area (Å²) in [6.45, 7) is 3.34. The molecule has 0 aliphatic rings. The van der Waals surface area contributed by atoms with Crippen molar-refractivity contribution in [1.82, 2.24) is 4.72 Å². The van der Waals surface area contributed by atoms with E-state index in [1.807, 2.05) is 0 Å². The quantitative estimate of drug-likeness (QED) is 0.703. The molecule has 0 radical (unpaired) electrons. The molecule has 0 bridgehead atoms. The molecule has 1 rings (SSSR count). The van der Waals surface area contributed by atoms with Crippen molar-refractivity contribution >= 4 is 10.0 Å². The molecule has 0 atom stereocenters. The lowest BCUT2D eigenvalue weighted by atomic mass is 10.3. The van der Waals surface area contributed by atoms with Gasteiger partial charge in [0.25, 0.3) is 0 Å². The Labute approximate surface area is 115 Å². The van der Waals surface area contributed by atoms with Gasteiger partial charge in [0.15, 0.2) is 0 Å². The van der Waals surface area contributed by atoms with Crippen LogP contribution >= 0.6 is 0 Å². The topological polar surface area (TPSA) is 64.6 Å². The molecule has 19 heavy (non-hydrogen) atoms. The zero-order valence-corrected chi connectivity index (χ0v) is 12.2. The van der Waals surface area contributed by atoms with Gasteiger partial charge in [0.05, 0.1) is 18.1 Å². The fraction of sp³-hybridized carbons (Fsp3) is 0.538. The van der Waals surface area contributed by atoms with Gasteiger partial charge in [-0.15, -0.1) is 0 Å². The molecule has 0 saturated carbocycles. The number of unbranched alkanes of at least 4 members (excludes halogenated alkanes) is 1. The minimum Gasteiger partial charge on any atom is -0.494 e. The standard InChI is InChI=1S/C13H21NO4S/c1-3-4-10-18-12-5-7-13(8-6-12)19(15,16)14-9-11-17-2/h5-8,14H,3-4,9-11H2,1-2H3. The Hall–Kier alpha value is -1.11. The van der Waals surface area contributed by atoms with E-state index in [4.69, 9.17) is 9.47 Å². The van der Waals surface area contributed by atoms with Crippen LogP contribution in [-0.2, 0) is 14.8 Å². The van der Waals surface area contributed by atoms with Gasteiger partial charge in [-0.2, -0.15) is 0 Å². The maximum atomic E-state index is 11.9. The third-order valence-corrected chi connectivity index (χ3v) is 3.98. The van der Waals surface area contributed by atoms with Crippen molar-refractivity contribution in [2.75, 3.05) is 26.9 Å². The average molecular weight is 287 g/mol. The SMILES string of the molecule is CCCCOc1ccc(S(=O)(=O)NCCOC)cc1. The number of hydrogen-bond acceptors (Lipinski definition) is 4. The molecule has 5 nitrogen and oxygen atoms in total. The van der Waals surface area contributed by atoms with E-state index in [2.05, 4.69) is 11.6 Å². The molecule has 0 fully saturated rings. The average Bonchev–Trinajstić information content (AvgIpc) is 2.40. The number of hydrogen-bond donors (Lipinski definition) is 1. The molecule has 1 N–H and O–H groups in total. The van der Waals surface area contributed by atoms with Crippen LogP contribution in [0.25, 0.3) is 0 Å². The van der Waals surface area contributed by atoms with Crippen molar-refractivity contribution in [1.29, 1.82) is 0 Å². The Bertz CT molecular complexity index is 456. The monoisotopic (exact) mass is 287 g/mol. The van der Waals surface area contributed by atoms with Gasteiger partial charge in [0.1, 0.15) is 5.75 Å². The van der Waals surface area contributed by atoms with Crippen LogP contribution in [0.4, 0.5) is 0 Å². The van der Waals surface area contributed by atoms with Gasteiger partial charge < -0.3 is 9.47 Å². The van der Waals surface area contributed by atoms with E-state index in [0.29, 0.717) is 19.0 Å². The Morgan fingerprint density at radius 3 is 2.42 bits per heavy atom. The van der Waals surface area contributed by atoms with E-state index in [0.717, 1.165) is 12.8 Å². The summed E-state index contributed by atoms with van der Waals surface area (Å²) in [5, 5.41) is 0. The van der Waals surface area contributed by atoms with Crippen molar-refractivity contribution in [3.63, 3.8) is 0 Å². The molecule has 0 unspecified atom stereocenters. The minimum absolute atomic E-state index is 0.228. The number of methoxy groups -OCH3 is 1. The normalized spacial score (nSPS) is 11.5. The van der Waals surface area contributed by atoms with Crippen LogP contribution in [0.3, 0.4) is 0 Å². The zero-order chi connectivity index (χ0) is 14.1. The number of nitrogens with one attached hydrogen (secondary N) is 1. The van der Waals surface area contributed by atoms with E-state index in [1.165, 1.54) is 19.2 Å². The van der Waals surface area contributed by atoms with E-state index in [9.17, 15) is 8.42 Å². The first-order valence-electron chi connectivity index (χ1n) is 6.31. The summed E-state index contributed by atoms with van der Waals surface area (Å²) in [7, 11) is -1.94. The molecule has 1 aromatic carbocycles. The Morgan fingerprint density at radius 2 is 1.84 bits per heavy atom. The third-order valence-electron chi connectivity index (χ3n) is 2.50. The first-order chi connectivity index (χ1) is 9.10. The summed E-state index contributed by atoms with van der Waals surface area (Å²) in [5.74, 6) is 0.685. The van der Waals surface area contributed by atoms with Crippen LogP contribution in [0, 0.1) is 0 Å². The second-order valence-electron chi connectivity index (χ2n) is 4.06. The van der Waals surface area contributed by atoms with Crippen LogP contribution in [0.5, 0.6) is 5.75 Å². The molecule has 0 spiro atoms. The molecule has 0 amide bonds. The maximum absolute atomic E-state index is 11.9. The summed E-state index contributed by atoms with van der Waals surface area (Å²) in [6, 6.07) is 6.41. The van der Waals surface area contributed by atoms with E-state index < -0.39 is 10.0 Å². The van der Waals surface area contributed by atoms with Gasteiger partial charge in [-0.05, 0) is 30.7 Å². The van der Waals surface area contributed by atoms with E-state index in [1.54, 1.807) is 12.1 Å². The van der Waals surface area contributed by atoms with Crippen LogP contribution < -0.4 is 9.46 Å². The summed E-state index contributed by atoms with van der Waals surface area (Å²) in [4.78, 5) is 0.228. The van der Waals surface area contributed by atoms with Crippen molar-refractivity contribution in [2.45, 2.75) is 24.7 Å². The number of rotatable bonds is 9. The van der Waals surface area contributed by atoms with Crippen molar-refractivity contribution < 1.29 is 17.9 Å². The van der Waals surface area contributed by atoms with E-state index in [-0.39, 0.29) is 11.4 Å². The molecular weight excluding hydrogens is 266 g/mol. The summed E-state index contributed by atoms with van der Waals surface area (Å²) in [5.41, 5.74) is 0. The predicted molar refractivity (Wildman–Crippen MR) is 73.9 cm³/mol. The lowest BCUT2D eigenvalue weighted by Crippen LogP contribution is -2.27. The molecule has 0 heterocycles. The highest BCUT2D eigenvalue weighted by Gasteiger charge is 2.12. The molecule has 0 aromatic heterocycles. The summed E-state index contributed by atoms with van der Waals surface area (Å²) >= 11 is 0. The lowest BCUT2D eigenvalue weighted by Gasteiger charge is -2.08. The highest BCUT2D eigenvalue weighted by molar-refractivity contribution is 7.89.